The number of rotatable bonds is 2. The van der Waals surface area contributed by atoms with Crippen LogP contribution in [0.3, 0.4) is 0 Å². The first-order valence-electron chi connectivity index (χ1n) is 9.37. The highest BCUT2D eigenvalue weighted by atomic mass is 16.5. The van der Waals surface area contributed by atoms with Crippen molar-refractivity contribution in [1.29, 1.82) is 0 Å². The standard InChI is InChI=1S/C26H20O2/c1-27-23-15-7-13-21-19-11-5-3-9-17(19)18-10-4-6-12-20(18)22-14-8-16-24(28-2)26(22)25(21)23/h3-16H,1-2H3/b18-17-,21-19-,22-20-,26-25-. The fourth-order valence-corrected chi connectivity index (χ4v) is 4.27. The molecule has 0 saturated heterocycles. The van der Waals surface area contributed by atoms with Crippen molar-refractivity contribution < 1.29 is 9.47 Å². The predicted molar refractivity (Wildman–Crippen MR) is 110 cm³/mol. The number of fused-ring (bicyclic) bond motifs is 4. The van der Waals surface area contributed by atoms with Crippen molar-refractivity contribution >= 4 is 0 Å². The van der Waals surface area contributed by atoms with Gasteiger partial charge in [0.05, 0.1) is 14.2 Å². The second kappa shape index (κ2) is 6.58. The van der Waals surface area contributed by atoms with E-state index in [1.807, 2.05) is 12.1 Å². The summed E-state index contributed by atoms with van der Waals surface area (Å²) in [5, 5.41) is 9.27. The lowest BCUT2D eigenvalue weighted by Crippen LogP contribution is -1.95. The van der Waals surface area contributed by atoms with Crippen LogP contribution < -0.4 is 9.47 Å². The second-order valence-corrected chi connectivity index (χ2v) is 6.86. The maximum absolute atomic E-state index is 5.81. The third-order valence-corrected chi connectivity index (χ3v) is 5.47. The average molecular weight is 364 g/mol. The lowest BCUT2D eigenvalue weighted by atomic mass is 10.0. The number of ether oxygens (including phenoxy) is 2. The molecule has 2 nitrogen and oxygen atoms in total. The molecule has 0 aromatic heterocycles. The maximum atomic E-state index is 5.81. The van der Waals surface area contributed by atoms with Crippen molar-refractivity contribution in [2.45, 2.75) is 0 Å². The van der Waals surface area contributed by atoms with Crippen molar-refractivity contribution in [3.8, 4) is 11.5 Å². The van der Waals surface area contributed by atoms with E-state index in [1.54, 1.807) is 14.2 Å². The Hall–Kier alpha value is -3.52. The minimum absolute atomic E-state index is 0.845. The lowest BCUT2D eigenvalue weighted by Gasteiger charge is -2.09. The molecule has 0 unspecified atom stereocenters. The normalized spacial score (nSPS) is 16.4. The van der Waals surface area contributed by atoms with Gasteiger partial charge in [0.2, 0.25) is 0 Å². The summed E-state index contributed by atoms with van der Waals surface area (Å²) >= 11 is 0. The predicted octanol–water partition coefficient (Wildman–Crippen LogP) is 5.17. The molecule has 0 bridgehead atoms. The molecule has 1 aliphatic carbocycles. The first-order valence-corrected chi connectivity index (χ1v) is 9.37. The van der Waals surface area contributed by atoms with Crippen LogP contribution in [-0.4, -0.2) is 14.2 Å². The van der Waals surface area contributed by atoms with Gasteiger partial charge in [-0.3, -0.25) is 0 Å². The SMILES string of the molecule is COc1cccc2/c1=c1/c(OC)ccc/c1=c1\cccc\c1=c1/cccc/c1=2. The summed E-state index contributed by atoms with van der Waals surface area (Å²) in [5.41, 5.74) is 0. The van der Waals surface area contributed by atoms with Crippen LogP contribution >= 0.6 is 0 Å². The Morgan fingerprint density at radius 1 is 0.393 bits per heavy atom. The van der Waals surface area contributed by atoms with Crippen LogP contribution in [0.2, 0.25) is 0 Å². The van der Waals surface area contributed by atoms with Gasteiger partial charge in [0, 0.05) is 10.4 Å². The second-order valence-electron chi connectivity index (χ2n) is 6.86. The highest BCUT2D eigenvalue weighted by molar-refractivity contribution is 5.40. The third kappa shape index (κ3) is 2.35. The summed E-state index contributed by atoms with van der Waals surface area (Å²) < 4.78 is 11.6. The molecule has 28 heavy (non-hydrogen) atoms. The average Bonchev–Trinajstić information content (AvgIpc) is 2.77. The molecule has 2 heteroatoms. The first kappa shape index (κ1) is 16.6. The van der Waals surface area contributed by atoms with E-state index in [0.717, 1.165) is 32.4 Å². The zero-order valence-electron chi connectivity index (χ0n) is 15.9. The van der Waals surface area contributed by atoms with Crippen molar-refractivity contribution in [1.82, 2.24) is 0 Å². The van der Waals surface area contributed by atoms with Crippen molar-refractivity contribution in [3.63, 3.8) is 0 Å². The molecular weight excluding hydrogens is 344 g/mol. The molecule has 0 heterocycles. The minimum atomic E-state index is 0.845. The smallest absolute Gasteiger partial charge is 0.127 e. The Morgan fingerprint density at radius 2 is 0.714 bits per heavy atom. The van der Waals surface area contributed by atoms with E-state index < -0.39 is 0 Å². The highest BCUT2D eigenvalue weighted by Gasteiger charge is 2.07. The van der Waals surface area contributed by atoms with Gasteiger partial charge in [-0.25, -0.2) is 0 Å². The Bertz CT molecular complexity index is 1470. The summed E-state index contributed by atoms with van der Waals surface area (Å²) in [5.74, 6) is 1.69. The van der Waals surface area contributed by atoms with E-state index in [-0.39, 0.29) is 0 Å². The Morgan fingerprint density at radius 3 is 1.07 bits per heavy atom. The summed E-state index contributed by atoms with van der Waals surface area (Å²) in [6.45, 7) is 0. The first-order chi connectivity index (χ1) is 13.8. The van der Waals surface area contributed by atoms with E-state index in [1.165, 1.54) is 20.9 Å². The molecule has 0 N–H and O–H groups in total. The van der Waals surface area contributed by atoms with Gasteiger partial charge in [-0.15, -0.1) is 0 Å². The van der Waals surface area contributed by atoms with Crippen LogP contribution in [-0.2, 0) is 0 Å². The third-order valence-electron chi connectivity index (χ3n) is 5.47. The summed E-state index contributed by atoms with van der Waals surface area (Å²) in [4.78, 5) is 0. The van der Waals surface area contributed by atoms with E-state index in [2.05, 4.69) is 72.8 Å². The quantitative estimate of drug-likeness (QED) is 0.430. The Kier molecular flexibility index (Phi) is 3.91. The molecule has 0 spiro atoms. The van der Waals surface area contributed by atoms with Crippen LogP contribution in [0.4, 0.5) is 0 Å². The molecule has 136 valence electrons. The number of benzene rings is 4. The molecule has 0 amide bonds. The molecule has 0 atom stereocenters. The molecule has 0 radical (unpaired) electrons. The Labute approximate surface area is 162 Å². The summed E-state index contributed by atoms with van der Waals surface area (Å²) in [7, 11) is 3.45. The van der Waals surface area contributed by atoms with Gasteiger partial charge in [0.25, 0.3) is 0 Å². The van der Waals surface area contributed by atoms with Crippen molar-refractivity contribution in [3.05, 3.63) is 127 Å². The molecule has 5 rings (SSSR count). The molecular formula is C26H20O2. The van der Waals surface area contributed by atoms with Crippen molar-refractivity contribution in [2.75, 3.05) is 14.2 Å². The van der Waals surface area contributed by atoms with Crippen LogP contribution in [0.5, 0.6) is 11.5 Å². The number of hydrogen-bond acceptors (Lipinski definition) is 2. The van der Waals surface area contributed by atoms with E-state index in [9.17, 15) is 0 Å². The Balaban J connectivity index is 2.46. The van der Waals surface area contributed by atoms with Gasteiger partial charge in [-0.1, -0.05) is 72.8 Å². The van der Waals surface area contributed by atoms with Gasteiger partial charge >= 0.3 is 0 Å². The van der Waals surface area contributed by atoms with Gasteiger partial charge < -0.3 is 9.47 Å². The lowest BCUT2D eigenvalue weighted by molar-refractivity contribution is 0.404. The van der Waals surface area contributed by atoms with Gasteiger partial charge in [-0.05, 0) is 43.4 Å². The molecule has 0 fully saturated rings. The zero-order valence-corrected chi connectivity index (χ0v) is 15.9. The maximum Gasteiger partial charge on any atom is 0.127 e. The van der Waals surface area contributed by atoms with Crippen LogP contribution in [0, 0.1) is 41.7 Å². The zero-order chi connectivity index (χ0) is 19.1. The van der Waals surface area contributed by atoms with Gasteiger partial charge in [-0.2, -0.15) is 0 Å². The molecule has 0 saturated carbocycles. The van der Waals surface area contributed by atoms with Gasteiger partial charge in [0.1, 0.15) is 11.5 Å². The number of methoxy groups -OCH3 is 2. The van der Waals surface area contributed by atoms with Crippen LogP contribution in [0.25, 0.3) is 0 Å². The monoisotopic (exact) mass is 364 g/mol. The molecule has 0 aliphatic heterocycles. The largest absolute Gasteiger partial charge is 0.496 e. The minimum Gasteiger partial charge on any atom is -0.496 e. The van der Waals surface area contributed by atoms with E-state index >= 15 is 0 Å². The fraction of sp³-hybridized carbons (Fsp3) is 0.0769. The van der Waals surface area contributed by atoms with Crippen molar-refractivity contribution in [2.24, 2.45) is 0 Å². The topological polar surface area (TPSA) is 18.5 Å². The fourth-order valence-electron chi connectivity index (χ4n) is 4.27. The van der Waals surface area contributed by atoms with E-state index in [0.29, 0.717) is 0 Å². The van der Waals surface area contributed by atoms with Crippen LogP contribution in [0.15, 0.2) is 84.9 Å². The highest BCUT2D eigenvalue weighted by Crippen LogP contribution is 2.24. The summed E-state index contributed by atoms with van der Waals surface area (Å²) in [6, 6.07) is 29.6. The number of hydrogen-bond donors (Lipinski definition) is 0. The molecule has 4 aromatic rings. The van der Waals surface area contributed by atoms with E-state index in [4.69, 9.17) is 9.47 Å². The molecule has 1 aliphatic rings. The summed E-state index contributed by atoms with van der Waals surface area (Å²) in [6.07, 6.45) is 0. The molecule has 4 aromatic carbocycles. The van der Waals surface area contributed by atoms with Crippen LogP contribution in [0.1, 0.15) is 0 Å². The van der Waals surface area contributed by atoms with Gasteiger partial charge in [0.15, 0.2) is 0 Å².